The molecule has 0 bridgehead atoms. The molecule has 0 aliphatic heterocycles. The van der Waals surface area contributed by atoms with E-state index in [0.717, 1.165) is 30.0 Å². The number of benzene rings is 3. The minimum Gasteiger partial charge on any atom is -0.422 e. The van der Waals surface area contributed by atoms with Crippen molar-refractivity contribution in [1.82, 2.24) is 5.43 Å². The number of rotatable bonds is 11. The summed E-state index contributed by atoms with van der Waals surface area (Å²) in [7, 11) is 0. The highest BCUT2D eigenvalue weighted by Gasteiger charge is 2.15. The predicted octanol–water partition coefficient (Wildman–Crippen LogP) is 6.91. The van der Waals surface area contributed by atoms with Gasteiger partial charge in [-0.2, -0.15) is 5.10 Å². The average Bonchev–Trinajstić information content (AvgIpc) is 2.82. The van der Waals surface area contributed by atoms with Gasteiger partial charge in [0.25, 0.3) is 0 Å². The predicted molar refractivity (Wildman–Crippen MR) is 134 cm³/mol. The van der Waals surface area contributed by atoms with Crippen LogP contribution in [0.25, 0.3) is 10.8 Å². The monoisotopic (exact) mass is 464 g/mol. The lowest BCUT2D eigenvalue weighted by Crippen LogP contribution is -2.17. The molecule has 0 aromatic heterocycles. The van der Waals surface area contributed by atoms with E-state index < -0.39 is 5.97 Å². The minimum absolute atomic E-state index is 0.128. The van der Waals surface area contributed by atoms with Gasteiger partial charge in [-0.3, -0.25) is 4.79 Å². The van der Waals surface area contributed by atoms with E-state index in [4.69, 9.17) is 16.3 Å². The fourth-order valence-electron chi connectivity index (χ4n) is 3.57. The number of ether oxygens (including phenoxy) is 1. The van der Waals surface area contributed by atoms with E-state index in [0.29, 0.717) is 22.8 Å². The molecule has 6 heteroatoms. The van der Waals surface area contributed by atoms with E-state index in [2.05, 4.69) is 17.5 Å². The molecule has 1 amide bonds. The Hall–Kier alpha value is -3.18. The summed E-state index contributed by atoms with van der Waals surface area (Å²) < 4.78 is 5.66. The van der Waals surface area contributed by atoms with Crippen molar-refractivity contribution in [1.29, 1.82) is 0 Å². The SMILES string of the molecule is CCCCCCCCC(=O)NN=Cc1c(OC(=O)c2ccccc2Cl)ccc2ccccc12. The Morgan fingerprint density at radius 2 is 1.67 bits per heavy atom. The van der Waals surface area contributed by atoms with Crippen molar-refractivity contribution in [3.05, 3.63) is 76.8 Å². The molecule has 0 aliphatic carbocycles. The van der Waals surface area contributed by atoms with Crippen molar-refractivity contribution in [2.24, 2.45) is 5.10 Å². The molecule has 0 saturated heterocycles. The lowest BCUT2D eigenvalue weighted by Gasteiger charge is -2.11. The van der Waals surface area contributed by atoms with Crippen molar-refractivity contribution in [2.45, 2.75) is 51.9 Å². The Bertz CT molecular complexity index is 1130. The van der Waals surface area contributed by atoms with Gasteiger partial charge in [0.1, 0.15) is 5.75 Å². The zero-order valence-electron chi connectivity index (χ0n) is 18.9. The third kappa shape index (κ3) is 7.16. The summed E-state index contributed by atoms with van der Waals surface area (Å²) in [5, 5.41) is 6.28. The van der Waals surface area contributed by atoms with E-state index in [1.165, 1.54) is 25.5 Å². The molecular weight excluding hydrogens is 436 g/mol. The van der Waals surface area contributed by atoms with Gasteiger partial charge in [-0.25, -0.2) is 10.2 Å². The van der Waals surface area contributed by atoms with Gasteiger partial charge in [-0.15, -0.1) is 0 Å². The number of nitrogens with zero attached hydrogens (tertiary/aromatic N) is 1. The molecule has 0 fully saturated rings. The molecule has 0 saturated carbocycles. The molecule has 172 valence electrons. The number of hydrazone groups is 1. The first-order valence-electron chi connectivity index (χ1n) is 11.4. The third-order valence-electron chi connectivity index (χ3n) is 5.37. The van der Waals surface area contributed by atoms with E-state index in [1.54, 1.807) is 30.3 Å². The largest absolute Gasteiger partial charge is 0.422 e. The van der Waals surface area contributed by atoms with Crippen LogP contribution in [0.3, 0.4) is 0 Å². The number of carbonyl (C=O) groups is 2. The van der Waals surface area contributed by atoms with Gasteiger partial charge in [0.05, 0.1) is 16.8 Å². The van der Waals surface area contributed by atoms with E-state index in [-0.39, 0.29) is 11.5 Å². The van der Waals surface area contributed by atoms with Gasteiger partial charge in [-0.05, 0) is 35.4 Å². The molecule has 0 radical (unpaired) electrons. The smallest absolute Gasteiger partial charge is 0.345 e. The Balaban J connectivity index is 1.71. The number of carbonyl (C=O) groups excluding carboxylic acids is 2. The van der Waals surface area contributed by atoms with E-state index in [9.17, 15) is 9.59 Å². The summed E-state index contributed by atoms with van der Waals surface area (Å²) >= 11 is 6.14. The topological polar surface area (TPSA) is 67.8 Å². The Kier molecular flexibility index (Phi) is 9.45. The van der Waals surface area contributed by atoms with Gasteiger partial charge in [0, 0.05) is 12.0 Å². The number of hydrogen-bond donors (Lipinski definition) is 1. The highest BCUT2D eigenvalue weighted by molar-refractivity contribution is 6.33. The molecule has 0 aliphatic rings. The molecule has 3 aromatic rings. The maximum absolute atomic E-state index is 12.7. The molecule has 0 spiro atoms. The maximum atomic E-state index is 12.7. The number of esters is 1. The Labute approximate surface area is 199 Å². The van der Waals surface area contributed by atoms with E-state index >= 15 is 0 Å². The van der Waals surface area contributed by atoms with Crippen LogP contribution < -0.4 is 10.2 Å². The lowest BCUT2D eigenvalue weighted by atomic mass is 10.0. The number of hydrogen-bond acceptors (Lipinski definition) is 4. The highest BCUT2D eigenvalue weighted by Crippen LogP contribution is 2.28. The lowest BCUT2D eigenvalue weighted by molar-refractivity contribution is -0.121. The fourth-order valence-corrected chi connectivity index (χ4v) is 3.78. The van der Waals surface area contributed by atoms with Crippen LogP contribution in [0.1, 0.15) is 67.8 Å². The number of halogens is 1. The minimum atomic E-state index is -0.558. The summed E-state index contributed by atoms with van der Waals surface area (Å²) in [4.78, 5) is 24.8. The Morgan fingerprint density at radius 3 is 2.48 bits per heavy atom. The second kappa shape index (κ2) is 12.8. The third-order valence-corrected chi connectivity index (χ3v) is 5.70. The van der Waals surface area contributed by atoms with Gasteiger partial charge < -0.3 is 4.74 Å². The standard InChI is InChI=1S/C27H29ClN2O3/c1-2-3-4-5-6-7-16-26(31)30-29-19-23-21-13-9-8-12-20(21)17-18-25(23)33-27(32)22-14-10-11-15-24(22)28/h8-15,17-19H,2-7,16H2,1H3,(H,30,31). The van der Waals surface area contributed by atoms with Gasteiger partial charge in [0.2, 0.25) is 5.91 Å². The van der Waals surface area contributed by atoms with Crippen molar-refractivity contribution < 1.29 is 14.3 Å². The Morgan fingerprint density at radius 1 is 0.939 bits per heavy atom. The summed E-state index contributed by atoms with van der Waals surface area (Å²) in [6.07, 6.45) is 8.67. The maximum Gasteiger partial charge on any atom is 0.345 e. The fraction of sp³-hybridized carbons (Fsp3) is 0.296. The van der Waals surface area contributed by atoms with Crippen molar-refractivity contribution >= 4 is 40.5 Å². The van der Waals surface area contributed by atoms with Crippen LogP contribution in [0.15, 0.2) is 65.8 Å². The van der Waals surface area contributed by atoms with E-state index in [1.807, 2.05) is 30.3 Å². The number of unbranched alkanes of at least 4 members (excludes halogenated alkanes) is 5. The van der Waals surface area contributed by atoms with Crippen LogP contribution in [-0.4, -0.2) is 18.1 Å². The summed E-state index contributed by atoms with van der Waals surface area (Å²) in [5.74, 6) is -0.346. The van der Waals surface area contributed by atoms with Gasteiger partial charge in [0.15, 0.2) is 0 Å². The summed E-state index contributed by atoms with van der Waals surface area (Å²) in [5.41, 5.74) is 3.47. The van der Waals surface area contributed by atoms with Crippen LogP contribution in [-0.2, 0) is 4.79 Å². The van der Waals surface area contributed by atoms with Crippen LogP contribution in [0, 0.1) is 0 Å². The van der Waals surface area contributed by atoms with Crippen LogP contribution in [0.2, 0.25) is 5.02 Å². The quantitative estimate of drug-likeness (QED) is 0.110. The van der Waals surface area contributed by atoms with Crippen LogP contribution in [0.5, 0.6) is 5.75 Å². The molecule has 0 heterocycles. The normalized spacial score (nSPS) is 11.1. The summed E-state index contributed by atoms with van der Waals surface area (Å²) in [6, 6.07) is 18.0. The zero-order chi connectivity index (χ0) is 23.5. The van der Waals surface area contributed by atoms with Crippen molar-refractivity contribution in [2.75, 3.05) is 0 Å². The average molecular weight is 465 g/mol. The number of fused-ring (bicyclic) bond motifs is 1. The molecule has 1 N–H and O–H groups in total. The second-order valence-electron chi connectivity index (χ2n) is 7.88. The summed E-state index contributed by atoms with van der Waals surface area (Å²) in [6.45, 7) is 2.19. The molecule has 5 nitrogen and oxygen atoms in total. The molecular formula is C27H29ClN2O3. The van der Waals surface area contributed by atoms with Gasteiger partial charge >= 0.3 is 5.97 Å². The highest BCUT2D eigenvalue weighted by atomic mass is 35.5. The first-order chi connectivity index (χ1) is 16.1. The molecule has 0 atom stereocenters. The molecule has 0 unspecified atom stereocenters. The van der Waals surface area contributed by atoms with Crippen LogP contribution in [0.4, 0.5) is 0 Å². The van der Waals surface area contributed by atoms with Crippen LogP contribution >= 0.6 is 11.6 Å². The number of nitrogens with one attached hydrogen (secondary N) is 1. The first-order valence-corrected chi connectivity index (χ1v) is 11.8. The van der Waals surface area contributed by atoms with Gasteiger partial charge in [-0.1, -0.05) is 93.1 Å². The molecule has 3 rings (SSSR count). The molecule has 3 aromatic carbocycles. The number of amides is 1. The molecule has 33 heavy (non-hydrogen) atoms. The second-order valence-corrected chi connectivity index (χ2v) is 8.29. The van der Waals surface area contributed by atoms with Crippen molar-refractivity contribution in [3.8, 4) is 5.75 Å². The van der Waals surface area contributed by atoms with Crippen molar-refractivity contribution in [3.63, 3.8) is 0 Å². The zero-order valence-corrected chi connectivity index (χ0v) is 19.6. The first kappa shape index (κ1) is 24.5.